The van der Waals surface area contributed by atoms with E-state index in [0.717, 1.165) is 53.3 Å². The van der Waals surface area contributed by atoms with Gasteiger partial charge in [-0.1, -0.05) is 22.9 Å². The summed E-state index contributed by atoms with van der Waals surface area (Å²) in [6, 6.07) is 4.19. The molecule has 2 aromatic rings. The largest absolute Gasteiger partial charge is 0.361 e. The Morgan fingerprint density at radius 1 is 1.16 bits per heavy atom. The number of nitrogens with zero attached hydrogens (tertiary/aromatic N) is 2. The highest BCUT2D eigenvalue weighted by Gasteiger charge is 2.12. The van der Waals surface area contributed by atoms with E-state index < -0.39 is 0 Å². The summed E-state index contributed by atoms with van der Waals surface area (Å²) in [6.07, 6.45) is 1.33. The lowest BCUT2D eigenvalue weighted by Gasteiger charge is -2.17. The first-order chi connectivity index (χ1) is 11.8. The van der Waals surface area contributed by atoms with Gasteiger partial charge in [0.25, 0.3) is 0 Å². The van der Waals surface area contributed by atoms with Crippen LogP contribution in [-0.4, -0.2) is 29.6 Å². The van der Waals surface area contributed by atoms with E-state index in [1.807, 2.05) is 27.7 Å². The van der Waals surface area contributed by atoms with Crippen LogP contribution >= 0.6 is 0 Å². The number of carbonyl (C=O) groups excluding carboxylic acids is 1. The number of amides is 1. The minimum absolute atomic E-state index is 0.0702. The standard InChI is InChI=1S/C20H29N3O2/c1-13-10-14(2)20(15(3)11-13)21-19(24)8-7-9-23(6)12-18-16(4)22-25-17(18)5/h10-11H,7-9,12H2,1-6H3,(H,21,24). The number of nitrogens with one attached hydrogen (secondary N) is 1. The highest BCUT2D eigenvalue weighted by Crippen LogP contribution is 2.22. The van der Waals surface area contributed by atoms with Gasteiger partial charge < -0.3 is 14.7 Å². The molecule has 1 aromatic heterocycles. The van der Waals surface area contributed by atoms with Gasteiger partial charge in [0.15, 0.2) is 0 Å². The number of hydrogen-bond donors (Lipinski definition) is 1. The lowest BCUT2D eigenvalue weighted by atomic mass is 10.0. The first kappa shape index (κ1) is 19.2. The Bertz CT molecular complexity index is 707. The number of benzene rings is 1. The van der Waals surface area contributed by atoms with Crippen molar-refractivity contribution in [3.8, 4) is 0 Å². The topological polar surface area (TPSA) is 58.4 Å². The van der Waals surface area contributed by atoms with Gasteiger partial charge in [-0.05, 0) is 65.8 Å². The third-order valence-corrected chi connectivity index (χ3v) is 4.49. The van der Waals surface area contributed by atoms with Crippen LogP contribution in [0.4, 0.5) is 5.69 Å². The number of hydrogen-bond acceptors (Lipinski definition) is 4. The van der Waals surface area contributed by atoms with Crippen LogP contribution in [0.5, 0.6) is 0 Å². The highest BCUT2D eigenvalue weighted by atomic mass is 16.5. The van der Waals surface area contributed by atoms with Crippen molar-refractivity contribution in [2.45, 2.75) is 54.0 Å². The zero-order valence-electron chi connectivity index (χ0n) is 16.2. The monoisotopic (exact) mass is 343 g/mol. The van der Waals surface area contributed by atoms with Crippen LogP contribution in [0.2, 0.25) is 0 Å². The summed E-state index contributed by atoms with van der Waals surface area (Å²) in [5.74, 6) is 0.938. The molecule has 5 nitrogen and oxygen atoms in total. The fraction of sp³-hybridized carbons (Fsp3) is 0.500. The second-order valence-corrected chi connectivity index (χ2v) is 6.97. The van der Waals surface area contributed by atoms with E-state index in [1.165, 1.54) is 5.56 Å². The molecule has 5 heteroatoms. The summed E-state index contributed by atoms with van der Waals surface area (Å²) >= 11 is 0. The molecule has 0 fully saturated rings. The molecule has 0 saturated carbocycles. The zero-order chi connectivity index (χ0) is 18.6. The van der Waals surface area contributed by atoms with E-state index in [4.69, 9.17) is 4.52 Å². The predicted molar refractivity (Wildman–Crippen MR) is 101 cm³/mol. The van der Waals surface area contributed by atoms with Gasteiger partial charge in [0.1, 0.15) is 5.76 Å². The molecule has 1 aromatic carbocycles. The van der Waals surface area contributed by atoms with Crippen LogP contribution in [0.25, 0.3) is 0 Å². The van der Waals surface area contributed by atoms with Crippen molar-refractivity contribution < 1.29 is 9.32 Å². The number of rotatable bonds is 7. The van der Waals surface area contributed by atoms with Crippen LogP contribution in [0, 0.1) is 34.6 Å². The Balaban J connectivity index is 1.81. The summed E-state index contributed by atoms with van der Waals surface area (Å²) in [4.78, 5) is 14.5. The van der Waals surface area contributed by atoms with E-state index >= 15 is 0 Å². The van der Waals surface area contributed by atoms with Gasteiger partial charge in [0, 0.05) is 24.2 Å². The number of aryl methyl sites for hydroxylation is 5. The molecule has 0 radical (unpaired) electrons. The van der Waals surface area contributed by atoms with E-state index in [0.29, 0.717) is 6.42 Å². The first-order valence-electron chi connectivity index (χ1n) is 8.76. The molecule has 1 N–H and O–H groups in total. The molecule has 1 heterocycles. The number of anilines is 1. The molecule has 0 aliphatic rings. The summed E-state index contributed by atoms with van der Waals surface area (Å²) < 4.78 is 5.20. The van der Waals surface area contributed by atoms with Crippen LogP contribution < -0.4 is 5.32 Å². The Kier molecular flexibility index (Phi) is 6.37. The smallest absolute Gasteiger partial charge is 0.224 e. The fourth-order valence-corrected chi connectivity index (χ4v) is 3.17. The van der Waals surface area contributed by atoms with Crippen molar-refractivity contribution in [1.29, 1.82) is 0 Å². The fourth-order valence-electron chi connectivity index (χ4n) is 3.17. The summed E-state index contributed by atoms with van der Waals surface area (Å²) in [5, 5.41) is 7.04. The lowest BCUT2D eigenvalue weighted by molar-refractivity contribution is -0.116. The molecule has 0 aliphatic heterocycles. The number of carbonyl (C=O) groups is 1. The van der Waals surface area contributed by atoms with Crippen molar-refractivity contribution in [2.24, 2.45) is 0 Å². The molecular formula is C20H29N3O2. The second-order valence-electron chi connectivity index (χ2n) is 6.97. The van der Waals surface area contributed by atoms with Crippen LogP contribution in [0.3, 0.4) is 0 Å². The molecule has 0 atom stereocenters. The third kappa shape index (κ3) is 5.16. The quantitative estimate of drug-likeness (QED) is 0.823. The lowest BCUT2D eigenvalue weighted by Crippen LogP contribution is -2.22. The minimum Gasteiger partial charge on any atom is -0.361 e. The SMILES string of the molecule is Cc1cc(C)c(NC(=O)CCCN(C)Cc2c(C)noc2C)c(C)c1. The normalized spacial score (nSPS) is 11.2. The molecule has 0 bridgehead atoms. The van der Waals surface area contributed by atoms with Crippen LogP contribution in [-0.2, 0) is 11.3 Å². The van der Waals surface area contributed by atoms with Gasteiger partial charge in [0.2, 0.25) is 5.91 Å². The van der Waals surface area contributed by atoms with Crippen molar-refractivity contribution >= 4 is 11.6 Å². The van der Waals surface area contributed by atoms with Gasteiger partial charge in [-0.15, -0.1) is 0 Å². The average molecular weight is 343 g/mol. The third-order valence-electron chi connectivity index (χ3n) is 4.49. The Labute approximate surface area is 150 Å². The maximum Gasteiger partial charge on any atom is 0.224 e. The Hall–Kier alpha value is -2.14. The average Bonchev–Trinajstić information content (AvgIpc) is 2.83. The van der Waals surface area contributed by atoms with Crippen molar-refractivity contribution in [1.82, 2.24) is 10.1 Å². The zero-order valence-corrected chi connectivity index (χ0v) is 16.2. The molecule has 25 heavy (non-hydrogen) atoms. The Morgan fingerprint density at radius 3 is 2.36 bits per heavy atom. The molecule has 136 valence electrons. The molecule has 0 spiro atoms. The molecule has 2 rings (SSSR count). The van der Waals surface area contributed by atoms with Gasteiger partial charge >= 0.3 is 0 Å². The highest BCUT2D eigenvalue weighted by molar-refractivity contribution is 5.92. The van der Waals surface area contributed by atoms with Gasteiger partial charge in [-0.3, -0.25) is 4.79 Å². The van der Waals surface area contributed by atoms with Crippen LogP contribution in [0.15, 0.2) is 16.7 Å². The maximum atomic E-state index is 12.3. The Morgan fingerprint density at radius 2 is 1.80 bits per heavy atom. The van der Waals surface area contributed by atoms with Gasteiger partial charge in [-0.25, -0.2) is 0 Å². The van der Waals surface area contributed by atoms with E-state index in [-0.39, 0.29) is 5.91 Å². The van der Waals surface area contributed by atoms with Crippen molar-refractivity contribution in [3.05, 3.63) is 45.8 Å². The summed E-state index contributed by atoms with van der Waals surface area (Å²) in [7, 11) is 2.05. The number of aromatic nitrogens is 1. The van der Waals surface area contributed by atoms with Gasteiger partial charge in [0.05, 0.1) is 5.69 Å². The molecule has 0 unspecified atom stereocenters. The van der Waals surface area contributed by atoms with E-state index in [1.54, 1.807) is 0 Å². The maximum absolute atomic E-state index is 12.3. The summed E-state index contributed by atoms with van der Waals surface area (Å²) in [6.45, 7) is 11.7. The van der Waals surface area contributed by atoms with Crippen LogP contribution in [0.1, 0.15) is 46.5 Å². The molecule has 0 aliphatic carbocycles. The minimum atomic E-state index is 0.0702. The van der Waals surface area contributed by atoms with E-state index in [2.05, 4.69) is 41.5 Å². The second kappa shape index (κ2) is 8.30. The molecule has 0 saturated heterocycles. The molecule has 1 amide bonds. The predicted octanol–water partition coefficient (Wildman–Crippen LogP) is 4.07. The van der Waals surface area contributed by atoms with E-state index in [9.17, 15) is 4.79 Å². The van der Waals surface area contributed by atoms with Gasteiger partial charge in [-0.2, -0.15) is 0 Å². The van der Waals surface area contributed by atoms with Crippen molar-refractivity contribution in [2.75, 3.05) is 18.9 Å². The summed E-state index contributed by atoms with van der Waals surface area (Å²) in [5.41, 5.74) is 6.46. The molecular weight excluding hydrogens is 314 g/mol. The first-order valence-corrected chi connectivity index (χ1v) is 8.76. The van der Waals surface area contributed by atoms with Crippen molar-refractivity contribution in [3.63, 3.8) is 0 Å².